The Labute approximate surface area is 146 Å². The molecule has 3 aromatic rings. The van der Waals surface area contributed by atoms with Crippen molar-refractivity contribution in [2.45, 2.75) is 23.9 Å². The number of aromatic amines is 1. The molecule has 0 amide bonds. The van der Waals surface area contributed by atoms with Crippen LogP contribution in [0.5, 0.6) is 5.75 Å². The van der Waals surface area contributed by atoms with E-state index in [9.17, 15) is 13.2 Å². The van der Waals surface area contributed by atoms with Crippen LogP contribution in [-0.4, -0.2) is 21.8 Å². The second kappa shape index (κ2) is 7.60. The Bertz CT molecular complexity index is 839. The molecule has 0 bridgehead atoms. The minimum absolute atomic E-state index is 0.0233. The van der Waals surface area contributed by atoms with Crippen molar-refractivity contribution in [3.63, 3.8) is 0 Å². The van der Waals surface area contributed by atoms with Gasteiger partial charge in [0.05, 0.1) is 5.56 Å². The maximum atomic E-state index is 13.8. The average molecular weight is 365 g/mol. The van der Waals surface area contributed by atoms with Crippen molar-refractivity contribution in [1.29, 1.82) is 0 Å². The van der Waals surface area contributed by atoms with E-state index in [-0.39, 0.29) is 16.8 Å². The van der Waals surface area contributed by atoms with E-state index >= 15 is 0 Å². The highest BCUT2D eigenvalue weighted by molar-refractivity contribution is 7.99. The molecule has 1 N–H and O–H groups in total. The molecular formula is C17H14F3N3OS. The molecule has 3 rings (SSSR count). The molecule has 0 saturated heterocycles. The van der Waals surface area contributed by atoms with E-state index < -0.39 is 6.61 Å². The lowest BCUT2D eigenvalue weighted by atomic mass is 10.2. The molecule has 25 heavy (non-hydrogen) atoms. The van der Waals surface area contributed by atoms with Gasteiger partial charge in [-0.05, 0) is 36.8 Å². The van der Waals surface area contributed by atoms with Crippen LogP contribution in [0.3, 0.4) is 0 Å². The number of nitrogens with zero attached hydrogens (tertiary/aromatic N) is 2. The van der Waals surface area contributed by atoms with Crippen LogP contribution in [0.25, 0.3) is 11.4 Å². The lowest BCUT2D eigenvalue weighted by molar-refractivity contribution is -0.0498. The normalized spacial score (nSPS) is 12.4. The molecule has 1 aromatic heterocycles. The number of hydrogen-bond donors (Lipinski definition) is 1. The van der Waals surface area contributed by atoms with E-state index in [1.165, 1.54) is 30.0 Å². The summed E-state index contributed by atoms with van der Waals surface area (Å²) in [5.41, 5.74) is 1.26. The number of rotatable bonds is 6. The van der Waals surface area contributed by atoms with Gasteiger partial charge in [0.25, 0.3) is 0 Å². The van der Waals surface area contributed by atoms with Crippen LogP contribution >= 0.6 is 11.8 Å². The van der Waals surface area contributed by atoms with Gasteiger partial charge in [-0.25, -0.2) is 9.37 Å². The summed E-state index contributed by atoms with van der Waals surface area (Å²) in [5.74, 6) is 0.0852. The van der Waals surface area contributed by atoms with E-state index in [1.54, 1.807) is 30.3 Å². The second-order valence-electron chi connectivity index (χ2n) is 5.15. The van der Waals surface area contributed by atoms with Crippen molar-refractivity contribution < 1.29 is 17.9 Å². The molecule has 1 atom stereocenters. The van der Waals surface area contributed by atoms with E-state index in [0.29, 0.717) is 16.5 Å². The van der Waals surface area contributed by atoms with Gasteiger partial charge in [-0.15, -0.1) is 5.10 Å². The standard InChI is InChI=1S/C17H14F3N3OS/c1-10(11-6-8-12(9-7-11)24-16(19)20)25-17-21-15(22-23-17)13-4-2-3-5-14(13)18/h2-10,16H,1H3,(H,21,22,23). The first-order valence-corrected chi connectivity index (χ1v) is 8.29. The first-order chi connectivity index (χ1) is 12.0. The number of halogens is 3. The number of alkyl halides is 2. The van der Waals surface area contributed by atoms with Crippen molar-refractivity contribution in [1.82, 2.24) is 15.2 Å². The quantitative estimate of drug-likeness (QED) is 0.620. The third kappa shape index (κ3) is 4.33. The Morgan fingerprint density at radius 2 is 1.80 bits per heavy atom. The van der Waals surface area contributed by atoms with Crippen molar-refractivity contribution in [2.24, 2.45) is 0 Å². The third-order valence-corrected chi connectivity index (χ3v) is 4.47. The summed E-state index contributed by atoms with van der Waals surface area (Å²) in [6.07, 6.45) is 0. The molecule has 1 unspecified atom stereocenters. The first-order valence-electron chi connectivity index (χ1n) is 7.41. The molecule has 1 heterocycles. The molecule has 2 aromatic carbocycles. The highest BCUT2D eigenvalue weighted by Gasteiger charge is 2.14. The molecule has 0 aliphatic carbocycles. The van der Waals surface area contributed by atoms with Gasteiger partial charge in [0.15, 0.2) is 5.82 Å². The number of ether oxygens (including phenoxy) is 1. The zero-order valence-electron chi connectivity index (χ0n) is 13.1. The fourth-order valence-corrected chi connectivity index (χ4v) is 3.07. The van der Waals surface area contributed by atoms with E-state index in [2.05, 4.69) is 19.9 Å². The van der Waals surface area contributed by atoms with Crippen LogP contribution < -0.4 is 4.74 Å². The fourth-order valence-electron chi connectivity index (χ4n) is 2.22. The van der Waals surface area contributed by atoms with Crippen LogP contribution in [0.2, 0.25) is 0 Å². The molecule has 0 saturated carbocycles. The van der Waals surface area contributed by atoms with Crippen molar-refractivity contribution in [3.8, 4) is 17.1 Å². The number of H-pyrrole nitrogens is 1. The van der Waals surface area contributed by atoms with Gasteiger partial charge in [-0.2, -0.15) is 8.78 Å². The van der Waals surface area contributed by atoms with Gasteiger partial charge in [0, 0.05) is 5.25 Å². The van der Waals surface area contributed by atoms with Crippen molar-refractivity contribution in [3.05, 3.63) is 59.9 Å². The van der Waals surface area contributed by atoms with Gasteiger partial charge in [0.2, 0.25) is 5.16 Å². The molecule has 4 nitrogen and oxygen atoms in total. The van der Waals surface area contributed by atoms with E-state index in [0.717, 1.165) is 5.56 Å². The van der Waals surface area contributed by atoms with Crippen LogP contribution in [0.4, 0.5) is 13.2 Å². The summed E-state index contributed by atoms with van der Waals surface area (Å²) >= 11 is 1.37. The number of thioether (sulfide) groups is 1. The van der Waals surface area contributed by atoms with Crippen molar-refractivity contribution >= 4 is 11.8 Å². The van der Waals surface area contributed by atoms with Crippen LogP contribution in [-0.2, 0) is 0 Å². The zero-order chi connectivity index (χ0) is 17.8. The Hall–Kier alpha value is -2.48. The third-order valence-electron chi connectivity index (χ3n) is 3.45. The van der Waals surface area contributed by atoms with Crippen molar-refractivity contribution in [2.75, 3.05) is 0 Å². The van der Waals surface area contributed by atoms with Crippen LogP contribution in [0.15, 0.2) is 53.7 Å². The highest BCUT2D eigenvalue weighted by atomic mass is 32.2. The highest BCUT2D eigenvalue weighted by Crippen LogP contribution is 2.34. The minimum atomic E-state index is -2.84. The smallest absolute Gasteiger partial charge is 0.387 e. The Morgan fingerprint density at radius 3 is 2.48 bits per heavy atom. The molecule has 0 radical (unpaired) electrons. The summed E-state index contributed by atoms with van der Waals surface area (Å²) in [7, 11) is 0. The number of hydrogen-bond acceptors (Lipinski definition) is 4. The van der Waals surface area contributed by atoms with Gasteiger partial charge in [0.1, 0.15) is 11.6 Å². The predicted molar refractivity (Wildman–Crippen MR) is 89.1 cm³/mol. The molecule has 0 spiro atoms. The van der Waals surface area contributed by atoms with Gasteiger partial charge < -0.3 is 4.74 Å². The second-order valence-corrected chi connectivity index (χ2v) is 6.46. The monoisotopic (exact) mass is 365 g/mol. The maximum Gasteiger partial charge on any atom is 0.387 e. The summed E-state index contributed by atoms with van der Waals surface area (Å²) < 4.78 is 42.4. The number of benzene rings is 2. The fraction of sp³-hybridized carbons (Fsp3) is 0.176. The topological polar surface area (TPSA) is 50.8 Å². The molecular weight excluding hydrogens is 351 g/mol. The summed E-state index contributed by atoms with van der Waals surface area (Å²) in [5, 5.41) is 7.27. The maximum absolute atomic E-state index is 13.8. The molecule has 8 heteroatoms. The summed E-state index contributed by atoms with van der Waals surface area (Å²) in [6, 6.07) is 12.7. The number of aromatic nitrogens is 3. The Kier molecular flexibility index (Phi) is 5.28. The first kappa shape index (κ1) is 17.3. The van der Waals surface area contributed by atoms with E-state index in [1.807, 2.05) is 6.92 Å². The largest absolute Gasteiger partial charge is 0.435 e. The zero-order valence-corrected chi connectivity index (χ0v) is 13.9. The molecule has 0 aliphatic heterocycles. The van der Waals surface area contributed by atoms with Gasteiger partial charge in [-0.1, -0.05) is 36.0 Å². The Morgan fingerprint density at radius 1 is 1.08 bits per heavy atom. The lowest BCUT2D eigenvalue weighted by Gasteiger charge is -2.10. The van der Waals surface area contributed by atoms with Crippen LogP contribution in [0.1, 0.15) is 17.7 Å². The van der Waals surface area contributed by atoms with Gasteiger partial charge in [-0.3, -0.25) is 5.10 Å². The minimum Gasteiger partial charge on any atom is -0.435 e. The Balaban J connectivity index is 1.69. The molecule has 130 valence electrons. The summed E-state index contributed by atoms with van der Waals surface area (Å²) in [4.78, 5) is 4.30. The molecule has 0 aliphatic rings. The van der Waals surface area contributed by atoms with E-state index in [4.69, 9.17) is 0 Å². The summed E-state index contributed by atoms with van der Waals surface area (Å²) in [6.45, 7) is -0.907. The SMILES string of the molecule is CC(Sc1n[nH]c(-c2ccccc2F)n1)c1ccc(OC(F)F)cc1. The average Bonchev–Trinajstić information content (AvgIpc) is 3.03. The van der Waals surface area contributed by atoms with Gasteiger partial charge >= 0.3 is 6.61 Å². The lowest BCUT2D eigenvalue weighted by Crippen LogP contribution is -2.01. The number of nitrogens with one attached hydrogen (secondary N) is 1. The van der Waals surface area contributed by atoms with Crippen LogP contribution in [0, 0.1) is 5.82 Å². The predicted octanol–water partition coefficient (Wildman–Crippen LogP) is 5.07. The molecule has 0 fully saturated rings.